The number of carbonyl (C=O) groups excluding carboxylic acids is 2. The topological polar surface area (TPSA) is 88.2 Å². The van der Waals surface area contributed by atoms with E-state index in [4.69, 9.17) is 0 Å². The Bertz CT molecular complexity index is 1140. The Morgan fingerprint density at radius 1 is 1.00 bits per heavy atom. The maximum Gasteiger partial charge on any atom is 0.251 e. The molecule has 31 heavy (non-hydrogen) atoms. The second-order valence-corrected chi connectivity index (χ2v) is 8.66. The van der Waals surface area contributed by atoms with Gasteiger partial charge >= 0.3 is 0 Å². The first kappa shape index (κ1) is 20.7. The third kappa shape index (κ3) is 5.73. The molecule has 1 aliphatic carbocycles. The molecule has 4 rings (SSSR count). The van der Waals surface area contributed by atoms with Crippen LogP contribution >= 0.6 is 0 Å². The molecule has 6 nitrogen and oxygen atoms in total. The molecule has 1 aromatic heterocycles. The molecule has 2 amide bonds. The van der Waals surface area contributed by atoms with Crippen molar-refractivity contribution in [3.63, 3.8) is 0 Å². The molecular formula is C24H21N3O3S. The fourth-order valence-corrected chi connectivity index (χ4v) is 3.97. The lowest BCUT2D eigenvalue weighted by molar-refractivity contribution is -0.111. The van der Waals surface area contributed by atoms with Gasteiger partial charge in [0.15, 0.2) is 0 Å². The van der Waals surface area contributed by atoms with Crippen LogP contribution in [0.15, 0.2) is 88.9 Å². The first-order valence-corrected chi connectivity index (χ1v) is 11.1. The number of pyridine rings is 1. The van der Waals surface area contributed by atoms with Crippen molar-refractivity contribution in [2.24, 2.45) is 0 Å². The Kier molecular flexibility index (Phi) is 6.33. The second kappa shape index (κ2) is 9.49. The van der Waals surface area contributed by atoms with Crippen molar-refractivity contribution in [3.05, 3.63) is 90.3 Å². The fraction of sp³-hybridized carbons (Fsp3) is 0.125. The summed E-state index contributed by atoms with van der Waals surface area (Å²) in [6.07, 6.45) is 8.47. The summed E-state index contributed by atoms with van der Waals surface area (Å²) in [6, 6.07) is 17.6. The van der Waals surface area contributed by atoms with E-state index in [9.17, 15) is 13.8 Å². The van der Waals surface area contributed by atoms with E-state index in [-0.39, 0.29) is 17.9 Å². The van der Waals surface area contributed by atoms with Gasteiger partial charge in [-0.25, -0.2) is 4.21 Å². The van der Waals surface area contributed by atoms with E-state index in [2.05, 4.69) is 15.6 Å². The molecule has 0 saturated heterocycles. The van der Waals surface area contributed by atoms with E-state index in [1.807, 2.05) is 6.07 Å². The SMILES string of the molecule is O=C(/C=C/c1cccnc1)Nc1ccc(S(=O)c2cccc(C(=O)NC3CC3)c2)cc1. The molecule has 1 saturated carbocycles. The lowest BCUT2D eigenvalue weighted by atomic mass is 10.2. The van der Waals surface area contributed by atoms with E-state index >= 15 is 0 Å². The molecular weight excluding hydrogens is 410 g/mol. The summed E-state index contributed by atoms with van der Waals surface area (Å²) in [5.41, 5.74) is 1.93. The van der Waals surface area contributed by atoms with E-state index in [1.165, 1.54) is 6.08 Å². The zero-order valence-corrected chi connectivity index (χ0v) is 17.5. The Labute approximate surface area is 182 Å². The minimum Gasteiger partial charge on any atom is -0.349 e. The molecule has 2 N–H and O–H groups in total. The molecule has 1 heterocycles. The number of nitrogens with zero attached hydrogens (tertiary/aromatic N) is 1. The third-order valence-electron chi connectivity index (χ3n) is 4.67. The zero-order valence-electron chi connectivity index (χ0n) is 16.7. The van der Waals surface area contributed by atoms with Gasteiger partial charge < -0.3 is 10.6 Å². The van der Waals surface area contributed by atoms with Crippen LogP contribution in [0.25, 0.3) is 6.08 Å². The molecule has 0 radical (unpaired) electrons. The van der Waals surface area contributed by atoms with Crippen LogP contribution in [0.2, 0.25) is 0 Å². The first-order valence-electron chi connectivity index (χ1n) is 9.90. The van der Waals surface area contributed by atoms with Crippen molar-refractivity contribution < 1.29 is 13.8 Å². The summed E-state index contributed by atoms with van der Waals surface area (Å²) in [6.45, 7) is 0. The van der Waals surface area contributed by atoms with Crippen molar-refractivity contribution >= 4 is 34.4 Å². The molecule has 0 spiro atoms. The van der Waals surface area contributed by atoms with Gasteiger partial charge in [0, 0.05) is 45.6 Å². The van der Waals surface area contributed by atoms with Gasteiger partial charge in [0.25, 0.3) is 5.91 Å². The number of benzene rings is 2. The highest BCUT2D eigenvalue weighted by atomic mass is 32.2. The normalized spacial score (nSPS) is 14.2. The minimum absolute atomic E-state index is 0.140. The number of anilines is 1. The van der Waals surface area contributed by atoms with Crippen molar-refractivity contribution in [3.8, 4) is 0 Å². The summed E-state index contributed by atoms with van der Waals surface area (Å²) in [5.74, 6) is -0.411. The molecule has 1 fully saturated rings. The summed E-state index contributed by atoms with van der Waals surface area (Å²) >= 11 is 0. The molecule has 7 heteroatoms. The second-order valence-electron chi connectivity index (χ2n) is 7.18. The lowest BCUT2D eigenvalue weighted by Crippen LogP contribution is -2.25. The highest BCUT2D eigenvalue weighted by Crippen LogP contribution is 2.22. The molecule has 3 aromatic rings. The minimum atomic E-state index is -1.43. The Morgan fingerprint density at radius 3 is 2.52 bits per heavy atom. The predicted molar refractivity (Wildman–Crippen MR) is 120 cm³/mol. The van der Waals surface area contributed by atoms with Gasteiger partial charge in [-0.1, -0.05) is 12.1 Å². The number of nitrogens with one attached hydrogen (secondary N) is 2. The number of rotatable bonds is 7. The van der Waals surface area contributed by atoms with Gasteiger partial charge in [0.2, 0.25) is 5.91 Å². The monoisotopic (exact) mass is 431 g/mol. The van der Waals surface area contributed by atoms with Crippen LogP contribution in [-0.2, 0) is 15.6 Å². The van der Waals surface area contributed by atoms with Gasteiger partial charge in [-0.3, -0.25) is 14.6 Å². The Morgan fingerprint density at radius 2 is 1.81 bits per heavy atom. The Balaban J connectivity index is 1.39. The van der Waals surface area contributed by atoms with Crippen LogP contribution in [0.3, 0.4) is 0 Å². The largest absolute Gasteiger partial charge is 0.349 e. The van der Waals surface area contributed by atoms with Gasteiger partial charge in [-0.05, 0) is 73.0 Å². The van der Waals surface area contributed by atoms with Gasteiger partial charge in [0.05, 0.1) is 10.8 Å². The Hall–Kier alpha value is -3.58. The lowest BCUT2D eigenvalue weighted by Gasteiger charge is -2.07. The summed E-state index contributed by atoms with van der Waals surface area (Å²) in [4.78, 5) is 29.5. The maximum atomic E-state index is 12.9. The average molecular weight is 432 g/mol. The summed E-state index contributed by atoms with van der Waals surface area (Å²) in [7, 11) is -1.43. The van der Waals surface area contributed by atoms with Crippen LogP contribution in [0.1, 0.15) is 28.8 Å². The zero-order chi connectivity index (χ0) is 21.6. The molecule has 1 unspecified atom stereocenters. The van der Waals surface area contributed by atoms with Crippen molar-refractivity contribution in [2.75, 3.05) is 5.32 Å². The fourth-order valence-electron chi connectivity index (χ4n) is 2.88. The standard InChI is InChI=1S/C24H21N3O3S/c28-23(13-6-17-3-2-14-25-16-17)26-19-9-11-21(12-10-19)31(30)22-5-1-4-18(15-22)24(29)27-20-7-8-20/h1-6,9-16,20H,7-8H2,(H,26,28)(H,27,29)/b13-6+. The number of hydrogen-bond donors (Lipinski definition) is 2. The maximum absolute atomic E-state index is 12.9. The van der Waals surface area contributed by atoms with Crippen molar-refractivity contribution in [1.82, 2.24) is 10.3 Å². The molecule has 0 aliphatic heterocycles. The van der Waals surface area contributed by atoms with Gasteiger partial charge in [0.1, 0.15) is 0 Å². The molecule has 1 atom stereocenters. The van der Waals surface area contributed by atoms with E-state index in [0.717, 1.165) is 18.4 Å². The highest BCUT2D eigenvalue weighted by Gasteiger charge is 2.24. The smallest absolute Gasteiger partial charge is 0.251 e. The van der Waals surface area contributed by atoms with Crippen LogP contribution in [0, 0.1) is 0 Å². The van der Waals surface area contributed by atoms with Gasteiger partial charge in [-0.15, -0.1) is 0 Å². The summed E-state index contributed by atoms with van der Waals surface area (Å²) in [5, 5.41) is 5.70. The van der Waals surface area contributed by atoms with E-state index in [1.54, 1.807) is 73.1 Å². The first-order chi connectivity index (χ1) is 15.1. The van der Waals surface area contributed by atoms with Crippen LogP contribution in [0.4, 0.5) is 5.69 Å². The number of amides is 2. The van der Waals surface area contributed by atoms with Crippen molar-refractivity contribution in [1.29, 1.82) is 0 Å². The van der Waals surface area contributed by atoms with Gasteiger partial charge in [-0.2, -0.15) is 0 Å². The van der Waals surface area contributed by atoms with Crippen LogP contribution < -0.4 is 10.6 Å². The summed E-state index contributed by atoms with van der Waals surface area (Å²) < 4.78 is 12.9. The average Bonchev–Trinajstić information content (AvgIpc) is 3.62. The number of aromatic nitrogens is 1. The number of hydrogen-bond acceptors (Lipinski definition) is 4. The quantitative estimate of drug-likeness (QED) is 0.557. The third-order valence-corrected chi connectivity index (χ3v) is 6.05. The predicted octanol–water partition coefficient (Wildman–Crippen LogP) is 3.79. The highest BCUT2D eigenvalue weighted by molar-refractivity contribution is 7.85. The number of carbonyl (C=O) groups is 2. The van der Waals surface area contributed by atoms with Crippen molar-refractivity contribution in [2.45, 2.75) is 28.7 Å². The van der Waals surface area contributed by atoms with Crippen LogP contribution in [0.5, 0.6) is 0 Å². The van der Waals surface area contributed by atoms with E-state index in [0.29, 0.717) is 21.0 Å². The van der Waals surface area contributed by atoms with E-state index < -0.39 is 10.8 Å². The molecule has 2 aromatic carbocycles. The molecule has 1 aliphatic rings. The van der Waals surface area contributed by atoms with Crippen LogP contribution in [-0.4, -0.2) is 27.0 Å². The molecule has 156 valence electrons. The molecule has 0 bridgehead atoms.